The van der Waals surface area contributed by atoms with Crippen molar-refractivity contribution >= 4 is 16.5 Å². The van der Waals surface area contributed by atoms with Gasteiger partial charge in [0.05, 0.1) is 11.2 Å². The quantitative estimate of drug-likeness (QED) is 0.887. The summed E-state index contributed by atoms with van der Waals surface area (Å²) < 4.78 is 0. The van der Waals surface area contributed by atoms with Crippen molar-refractivity contribution in [2.75, 3.05) is 6.54 Å². The van der Waals surface area contributed by atoms with Crippen LogP contribution in [0.1, 0.15) is 25.0 Å². The summed E-state index contributed by atoms with van der Waals surface area (Å²) in [6.07, 6.45) is 3.95. The molecule has 0 amide bonds. The number of para-hydroxylation sites is 1. The number of nitrogens with zero attached hydrogens (tertiary/aromatic N) is 1. The van der Waals surface area contributed by atoms with Crippen LogP contribution in [0.2, 0.25) is 0 Å². The first kappa shape index (κ1) is 11.2. The van der Waals surface area contributed by atoms with Crippen molar-refractivity contribution in [3.63, 3.8) is 0 Å². The fourth-order valence-corrected chi connectivity index (χ4v) is 3.91. The summed E-state index contributed by atoms with van der Waals surface area (Å²) in [5.41, 5.74) is 11.2. The van der Waals surface area contributed by atoms with Gasteiger partial charge in [-0.05, 0) is 54.4 Å². The summed E-state index contributed by atoms with van der Waals surface area (Å²) in [6.45, 7) is 0.699. The fourth-order valence-electron chi connectivity index (χ4n) is 3.91. The summed E-state index contributed by atoms with van der Waals surface area (Å²) in [6, 6.07) is 12.7. The molecule has 2 nitrogen and oxygen atoms in total. The molecule has 0 saturated heterocycles. The average Bonchev–Trinajstić information content (AvgIpc) is 3.07. The van der Waals surface area contributed by atoms with E-state index < -0.39 is 0 Å². The second-order valence-corrected chi connectivity index (χ2v) is 5.74. The SMILES string of the molecule is NCC1=C(c2ccc3ccccc3n2)C2CCC1C2. The van der Waals surface area contributed by atoms with Gasteiger partial charge in [0.25, 0.3) is 0 Å². The number of hydrogen-bond acceptors (Lipinski definition) is 2. The highest BCUT2D eigenvalue weighted by Crippen LogP contribution is 2.51. The van der Waals surface area contributed by atoms with Crippen LogP contribution in [0.25, 0.3) is 16.5 Å². The van der Waals surface area contributed by atoms with Crippen molar-refractivity contribution in [2.45, 2.75) is 19.3 Å². The third kappa shape index (κ3) is 1.63. The second-order valence-electron chi connectivity index (χ2n) is 5.74. The molecule has 2 aromatic rings. The molecule has 0 aliphatic heterocycles. The van der Waals surface area contributed by atoms with E-state index in [9.17, 15) is 0 Å². The number of hydrogen-bond donors (Lipinski definition) is 1. The van der Waals surface area contributed by atoms with Crippen LogP contribution in [0, 0.1) is 11.8 Å². The van der Waals surface area contributed by atoms with Crippen molar-refractivity contribution in [3.05, 3.63) is 47.7 Å². The number of allylic oxidation sites excluding steroid dienone is 1. The first-order chi connectivity index (χ1) is 9.36. The van der Waals surface area contributed by atoms with E-state index in [2.05, 4.69) is 36.4 Å². The first-order valence-corrected chi connectivity index (χ1v) is 7.16. The van der Waals surface area contributed by atoms with E-state index in [0.29, 0.717) is 12.5 Å². The van der Waals surface area contributed by atoms with E-state index >= 15 is 0 Å². The lowest BCUT2D eigenvalue weighted by Crippen LogP contribution is -2.12. The number of aromatic nitrogens is 1. The van der Waals surface area contributed by atoms with Crippen LogP contribution in [0.4, 0.5) is 0 Å². The second kappa shape index (κ2) is 4.17. The Balaban J connectivity index is 1.88. The molecule has 2 unspecified atom stereocenters. The van der Waals surface area contributed by atoms with Crippen molar-refractivity contribution in [3.8, 4) is 0 Å². The van der Waals surface area contributed by atoms with Crippen LogP contribution in [0.15, 0.2) is 42.0 Å². The van der Waals surface area contributed by atoms with Crippen LogP contribution in [-0.4, -0.2) is 11.5 Å². The topological polar surface area (TPSA) is 38.9 Å². The third-order valence-corrected chi connectivity index (χ3v) is 4.77. The van der Waals surface area contributed by atoms with Gasteiger partial charge in [0.15, 0.2) is 0 Å². The van der Waals surface area contributed by atoms with Crippen molar-refractivity contribution < 1.29 is 0 Å². The van der Waals surface area contributed by atoms with Crippen LogP contribution < -0.4 is 5.73 Å². The van der Waals surface area contributed by atoms with E-state index in [1.807, 2.05) is 0 Å². The molecule has 1 aromatic carbocycles. The van der Waals surface area contributed by atoms with Gasteiger partial charge in [-0.2, -0.15) is 0 Å². The molecule has 0 spiro atoms. The molecule has 1 fully saturated rings. The minimum atomic E-state index is 0.699. The molecule has 2 N–H and O–H groups in total. The van der Waals surface area contributed by atoms with Crippen LogP contribution in [0.5, 0.6) is 0 Å². The Morgan fingerprint density at radius 1 is 1.05 bits per heavy atom. The Bertz CT molecular complexity index is 672. The van der Waals surface area contributed by atoms with E-state index in [4.69, 9.17) is 10.7 Å². The Morgan fingerprint density at radius 3 is 2.79 bits per heavy atom. The monoisotopic (exact) mass is 250 g/mol. The molecular weight excluding hydrogens is 232 g/mol. The zero-order valence-electron chi connectivity index (χ0n) is 11.0. The number of benzene rings is 1. The summed E-state index contributed by atoms with van der Waals surface area (Å²) in [5.74, 6) is 1.44. The number of rotatable bonds is 2. The molecule has 1 heterocycles. The highest BCUT2D eigenvalue weighted by molar-refractivity contribution is 5.82. The summed E-state index contributed by atoms with van der Waals surface area (Å²) in [4.78, 5) is 4.86. The van der Waals surface area contributed by atoms with Gasteiger partial charge in [-0.15, -0.1) is 0 Å². The van der Waals surface area contributed by atoms with E-state index in [1.54, 1.807) is 0 Å². The maximum absolute atomic E-state index is 5.98. The van der Waals surface area contributed by atoms with E-state index in [0.717, 1.165) is 17.1 Å². The average molecular weight is 250 g/mol. The molecule has 19 heavy (non-hydrogen) atoms. The summed E-state index contributed by atoms with van der Waals surface area (Å²) in [7, 11) is 0. The van der Waals surface area contributed by atoms with Gasteiger partial charge >= 0.3 is 0 Å². The normalized spacial score (nSPS) is 25.5. The third-order valence-electron chi connectivity index (χ3n) is 4.77. The zero-order chi connectivity index (χ0) is 12.8. The Kier molecular flexibility index (Phi) is 2.46. The van der Waals surface area contributed by atoms with Crippen molar-refractivity contribution in [1.82, 2.24) is 4.98 Å². The molecule has 2 aliphatic rings. The molecule has 0 radical (unpaired) electrons. The zero-order valence-corrected chi connectivity index (χ0v) is 11.0. The smallest absolute Gasteiger partial charge is 0.0709 e. The Morgan fingerprint density at radius 2 is 1.89 bits per heavy atom. The molecule has 1 saturated carbocycles. The molecule has 4 rings (SSSR count). The lowest BCUT2D eigenvalue weighted by atomic mass is 9.89. The van der Waals surface area contributed by atoms with Gasteiger partial charge in [0, 0.05) is 11.9 Å². The van der Waals surface area contributed by atoms with Crippen LogP contribution in [-0.2, 0) is 0 Å². The predicted molar refractivity (Wildman–Crippen MR) is 78.5 cm³/mol. The van der Waals surface area contributed by atoms with Gasteiger partial charge < -0.3 is 5.73 Å². The minimum absolute atomic E-state index is 0.699. The number of fused-ring (bicyclic) bond motifs is 3. The Hall–Kier alpha value is -1.67. The molecule has 1 aromatic heterocycles. The lowest BCUT2D eigenvalue weighted by Gasteiger charge is -2.18. The Labute approximate surface area is 113 Å². The highest BCUT2D eigenvalue weighted by Gasteiger charge is 2.39. The summed E-state index contributed by atoms with van der Waals surface area (Å²) in [5, 5.41) is 1.21. The van der Waals surface area contributed by atoms with E-state index in [1.165, 1.54) is 35.8 Å². The van der Waals surface area contributed by atoms with Crippen molar-refractivity contribution in [2.24, 2.45) is 17.6 Å². The predicted octanol–water partition coefficient (Wildman–Crippen LogP) is 3.38. The van der Waals surface area contributed by atoms with Gasteiger partial charge in [0.2, 0.25) is 0 Å². The van der Waals surface area contributed by atoms with Gasteiger partial charge in [-0.3, -0.25) is 0 Å². The largest absolute Gasteiger partial charge is 0.327 e. The van der Waals surface area contributed by atoms with Gasteiger partial charge in [0.1, 0.15) is 0 Å². The lowest BCUT2D eigenvalue weighted by molar-refractivity contribution is 0.645. The number of pyridine rings is 1. The summed E-state index contributed by atoms with van der Waals surface area (Å²) >= 11 is 0. The molecule has 96 valence electrons. The molecule has 2 atom stereocenters. The standard InChI is InChI=1S/C17H18N2/c18-10-14-12-5-6-13(9-12)17(14)16-8-7-11-3-1-2-4-15(11)19-16/h1-4,7-8,12-13H,5-6,9-10,18H2. The highest BCUT2D eigenvalue weighted by atomic mass is 14.7. The maximum Gasteiger partial charge on any atom is 0.0709 e. The molecule has 2 aliphatic carbocycles. The van der Waals surface area contributed by atoms with Gasteiger partial charge in [-0.1, -0.05) is 24.3 Å². The van der Waals surface area contributed by atoms with E-state index in [-0.39, 0.29) is 0 Å². The van der Waals surface area contributed by atoms with Crippen LogP contribution in [0.3, 0.4) is 0 Å². The number of nitrogens with two attached hydrogens (primary N) is 1. The van der Waals surface area contributed by atoms with Crippen molar-refractivity contribution in [1.29, 1.82) is 0 Å². The maximum atomic E-state index is 5.98. The van der Waals surface area contributed by atoms with Crippen LogP contribution >= 0.6 is 0 Å². The minimum Gasteiger partial charge on any atom is -0.327 e. The van der Waals surface area contributed by atoms with Gasteiger partial charge in [-0.25, -0.2) is 4.98 Å². The molecular formula is C17H18N2. The first-order valence-electron chi connectivity index (χ1n) is 7.16. The fraction of sp³-hybridized carbons (Fsp3) is 0.353. The molecule has 2 heteroatoms. The molecule has 2 bridgehead atoms.